The molecule has 18 heavy (non-hydrogen) atoms. The standard InChI is InChI=1S/C15H17NO2/c1-9-3-4-14-12(7-9)13(8-16-14)15(17)11-5-6-18-10(11)2/h3-4,7-8,10-11,16H,5-6H2,1-2H3. The number of benzene rings is 1. The van der Waals surface area contributed by atoms with Gasteiger partial charge in [0.15, 0.2) is 5.78 Å². The minimum Gasteiger partial charge on any atom is -0.378 e. The number of H-pyrrole nitrogens is 1. The van der Waals surface area contributed by atoms with E-state index in [-0.39, 0.29) is 17.8 Å². The van der Waals surface area contributed by atoms with Crippen molar-refractivity contribution in [3.05, 3.63) is 35.5 Å². The van der Waals surface area contributed by atoms with E-state index in [1.54, 1.807) is 0 Å². The van der Waals surface area contributed by atoms with E-state index in [0.717, 1.165) is 22.9 Å². The van der Waals surface area contributed by atoms with Crippen LogP contribution in [0, 0.1) is 12.8 Å². The molecule has 1 N–H and O–H groups in total. The van der Waals surface area contributed by atoms with Crippen molar-refractivity contribution in [2.24, 2.45) is 5.92 Å². The van der Waals surface area contributed by atoms with Gasteiger partial charge in [-0.25, -0.2) is 0 Å². The molecule has 0 bridgehead atoms. The van der Waals surface area contributed by atoms with Gasteiger partial charge in [0, 0.05) is 29.3 Å². The lowest BCUT2D eigenvalue weighted by Gasteiger charge is -2.12. The third-order valence-electron chi connectivity index (χ3n) is 3.82. The number of aryl methyl sites for hydroxylation is 1. The number of carbonyl (C=O) groups excluding carboxylic acids is 1. The number of carbonyl (C=O) groups is 1. The van der Waals surface area contributed by atoms with E-state index in [0.29, 0.717) is 6.61 Å². The molecule has 0 aliphatic carbocycles. The molecule has 94 valence electrons. The summed E-state index contributed by atoms with van der Waals surface area (Å²) < 4.78 is 5.49. The maximum atomic E-state index is 12.5. The van der Waals surface area contributed by atoms with Crippen LogP contribution in [0.25, 0.3) is 10.9 Å². The quantitative estimate of drug-likeness (QED) is 0.823. The molecule has 2 heterocycles. The molecule has 3 heteroatoms. The molecular formula is C15H17NO2. The van der Waals surface area contributed by atoms with E-state index in [9.17, 15) is 4.79 Å². The van der Waals surface area contributed by atoms with Crippen molar-refractivity contribution < 1.29 is 9.53 Å². The van der Waals surface area contributed by atoms with Crippen LogP contribution in [0.3, 0.4) is 0 Å². The lowest BCUT2D eigenvalue weighted by molar-refractivity contribution is 0.0766. The molecule has 1 aromatic heterocycles. The van der Waals surface area contributed by atoms with E-state index in [4.69, 9.17) is 4.74 Å². The van der Waals surface area contributed by atoms with Gasteiger partial charge in [0.25, 0.3) is 0 Å². The van der Waals surface area contributed by atoms with Gasteiger partial charge in [0.1, 0.15) is 0 Å². The normalized spacial score (nSPS) is 23.7. The van der Waals surface area contributed by atoms with E-state index in [1.807, 2.05) is 32.2 Å². The summed E-state index contributed by atoms with van der Waals surface area (Å²) in [4.78, 5) is 15.7. The molecule has 1 aliphatic heterocycles. The van der Waals surface area contributed by atoms with Gasteiger partial charge in [0.2, 0.25) is 0 Å². The molecule has 3 rings (SSSR count). The lowest BCUT2D eigenvalue weighted by atomic mass is 9.92. The predicted octanol–water partition coefficient (Wildman–Crippen LogP) is 3.08. The van der Waals surface area contributed by atoms with Crippen molar-refractivity contribution in [2.45, 2.75) is 26.4 Å². The molecule has 0 saturated carbocycles. The first-order valence-electron chi connectivity index (χ1n) is 6.40. The average molecular weight is 243 g/mol. The van der Waals surface area contributed by atoms with E-state index in [1.165, 1.54) is 5.56 Å². The average Bonchev–Trinajstić information content (AvgIpc) is 2.94. The lowest BCUT2D eigenvalue weighted by Crippen LogP contribution is -2.21. The zero-order chi connectivity index (χ0) is 12.7. The van der Waals surface area contributed by atoms with Crippen molar-refractivity contribution in [1.29, 1.82) is 0 Å². The Morgan fingerprint density at radius 1 is 1.44 bits per heavy atom. The smallest absolute Gasteiger partial charge is 0.170 e. The highest BCUT2D eigenvalue weighted by molar-refractivity contribution is 6.09. The van der Waals surface area contributed by atoms with Crippen molar-refractivity contribution >= 4 is 16.7 Å². The number of aromatic amines is 1. The molecule has 3 nitrogen and oxygen atoms in total. The number of nitrogens with one attached hydrogen (secondary N) is 1. The van der Waals surface area contributed by atoms with Crippen molar-refractivity contribution in [1.82, 2.24) is 4.98 Å². The zero-order valence-corrected chi connectivity index (χ0v) is 10.7. The number of fused-ring (bicyclic) bond motifs is 1. The van der Waals surface area contributed by atoms with Gasteiger partial charge in [-0.1, -0.05) is 11.6 Å². The summed E-state index contributed by atoms with van der Waals surface area (Å²) in [5.74, 6) is 0.210. The van der Waals surface area contributed by atoms with Crippen LogP contribution in [0.4, 0.5) is 0 Å². The summed E-state index contributed by atoms with van der Waals surface area (Å²) in [6, 6.07) is 6.14. The van der Waals surface area contributed by atoms with Crippen LogP contribution in [0.1, 0.15) is 29.3 Å². The summed E-state index contributed by atoms with van der Waals surface area (Å²) >= 11 is 0. The Hall–Kier alpha value is -1.61. The zero-order valence-electron chi connectivity index (χ0n) is 10.7. The van der Waals surface area contributed by atoms with Gasteiger partial charge in [0.05, 0.1) is 12.0 Å². The molecule has 2 aromatic rings. The molecule has 0 amide bonds. The van der Waals surface area contributed by atoms with Gasteiger partial charge in [-0.15, -0.1) is 0 Å². The minimum absolute atomic E-state index is 0.00418. The second kappa shape index (κ2) is 4.25. The van der Waals surface area contributed by atoms with Crippen LogP contribution in [0.5, 0.6) is 0 Å². The Kier molecular flexibility index (Phi) is 2.71. The molecule has 1 fully saturated rings. The fraction of sp³-hybridized carbons (Fsp3) is 0.400. The van der Waals surface area contributed by atoms with Crippen LogP contribution >= 0.6 is 0 Å². The summed E-state index contributed by atoms with van der Waals surface area (Å²) in [5, 5.41) is 1.03. The van der Waals surface area contributed by atoms with Crippen LogP contribution in [0.15, 0.2) is 24.4 Å². The molecule has 1 aliphatic rings. The van der Waals surface area contributed by atoms with Crippen LogP contribution in [-0.2, 0) is 4.74 Å². The topological polar surface area (TPSA) is 42.1 Å². The summed E-state index contributed by atoms with van der Waals surface area (Å²) in [6.07, 6.45) is 2.70. The van der Waals surface area contributed by atoms with Gasteiger partial charge in [-0.05, 0) is 32.4 Å². The SMILES string of the molecule is Cc1ccc2[nH]cc(C(=O)C3CCOC3C)c2c1. The molecule has 2 unspecified atom stereocenters. The molecule has 2 atom stereocenters. The molecular weight excluding hydrogens is 226 g/mol. The molecule has 1 saturated heterocycles. The largest absolute Gasteiger partial charge is 0.378 e. The number of ketones is 1. The Bertz CT molecular complexity index is 600. The second-order valence-electron chi connectivity index (χ2n) is 5.09. The Morgan fingerprint density at radius 3 is 3.00 bits per heavy atom. The highest BCUT2D eigenvalue weighted by Gasteiger charge is 2.32. The third kappa shape index (κ3) is 1.75. The number of hydrogen-bond donors (Lipinski definition) is 1. The monoisotopic (exact) mass is 243 g/mol. The van der Waals surface area contributed by atoms with Crippen LogP contribution in [0.2, 0.25) is 0 Å². The highest BCUT2D eigenvalue weighted by atomic mass is 16.5. The first-order chi connectivity index (χ1) is 8.66. The molecule has 0 radical (unpaired) electrons. The van der Waals surface area contributed by atoms with Gasteiger partial charge >= 0.3 is 0 Å². The molecule has 1 aromatic carbocycles. The fourth-order valence-corrected chi connectivity index (χ4v) is 2.71. The maximum absolute atomic E-state index is 12.5. The Morgan fingerprint density at radius 2 is 2.28 bits per heavy atom. The predicted molar refractivity (Wildman–Crippen MR) is 70.9 cm³/mol. The third-order valence-corrected chi connectivity index (χ3v) is 3.82. The van der Waals surface area contributed by atoms with Crippen molar-refractivity contribution in [2.75, 3.05) is 6.61 Å². The van der Waals surface area contributed by atoms with Crippen molar-refractivity contribution in [3.63, 3.8) is 0 Å². The number of hydrogen-bond acceptors (Lipinski definition) is 2. The number of rotatable bonds is 2. The van der Waals surface area contributed by atoms with E-state index in [2.05, 4.69) is 11.1 Å². The maximum Gasteiger partial charge on any atom is 0.170 e. The number of ether oxygens (including phenoxy) is 1. The van der Waals surface area contributed by atoms with Crippen LogP contribution in [-0.4, -0.2) is 23.5 Å². The first-order valence-corrected chi connectivity index (χ1v) is 6.40. The molecule has 0 spiro atoms. The van der Waals surface area contributed by atoms with Gasteiger partial charge < -0.3 is 9.72 Å². The Labute approximate surface area is 106 Å². The minimum atomic E-state index is 0.00418. The summed E-state index contributed by atoms with van der Waals surface area (Å²) in [6.45, 7) is 4.72. The second-order valence-corrected chi connectivity index (χ2v) is 5.09. The fourth-order valence-electron chi connectivity index (χ4n) is 2.71. The first kappa shape index (κ1) is 11.5. The summed E-state index contributed by atoms with van der Waals surface area (Å²) in [5.41, 5.74) is 3.00. The van der Waals surface area contributed by atoms with Crippen LogP contribution < -0.4 is 0 Å². The van der Waals surface area contributed by atoms with E-state index < -0.39 is 0 Å². The van der Waals surface area contributed by atoms with Crippen molar-refractivity contribution in [3.8, 4) is 0 Å². The van der Waals surface area contributed by atoms with Gasteiger partial charge in [-0.3, -0.25) is 4.79 Å². The summed E-state index contributed by atoms with van der Waals surface area (Å²) in [7, 11) is 0. The number of aromatic nitrogens is 1. The van der Waals surface area contributed by atoms with E-state index >= 15 is 0 Å². The van der Waals surface area contributed by atoms with Gasteiger partial charge in [-0.2, -0.15) is 0 Å². The highest BCUT2D eigenvalue weighted by Crippen LogP contribution is 2.28. The Balaban J connectivity index is 2.03. The number of Topliss-reactive ketones (excluding diaryl/α,β-unsaturated/α-hetero) is 1.